The quantitative estimate of drug-likeness (QED) is 0.0892. The Morgan fingerprint density at radius 3 is 2.29 bits per heavy atom. The SMILES string of the molecule is CCN(CCNC=O)CC(=O)OC.CNc1cc(C)ccc1F.Cc1c[nH]c(-c2cc(Oc3cc(C=O)ccc3F)ccn2)c1.O=CO. The minimum Gasteiger partial charge on any atom is -0.483 e. The number of likely N-dealkylation sites (N-methyl/N-ethyl adjacent to an activating group) is 1. The second-order valence-electron chi connectivity index (χ2n) is 9.73. The predicted octanol–water partition coefficient (Wildman–Crippen LogP) is 5.23. The molecule has 0 saturated heterocycles. The third-order valence-electron chi connectivity index (χ3n) is 6.23. The summed E-state index contributed by atoms with van der Waals surface area (Å²) in [6.45, 7) is 7.84. The summed E-state index contributed by atoms with van der Waals surface area (Å²) in [5, 5.41) is 12.2. The molecule has 0 atom stereocenters. The van der Waals surface area contributed by atoms with Crippen LogP contribution in [0.3, 0.4) is 0 Å². The Labute approximate surface area is 278 Å². The summed E-state index contributed by atoms with van der Waals surface area (Å²) >= 11 is 0. The second-order valence-corrected chi connectivity index (χ2v) is 9.73. The van der Waals surface area contributed by atoms with Gasteiger partial charge < -0.3 is 30.2 Å². The van der Waals surface area contributed by atoms with Crippen LogP contribution < -0.4 is 15.4 Å². The molecule has 2 heterocycles. The van der Waals surface area contributed by atoms with Crippen LogP contribution in [0.1, 0.15) is 28.4 Å². The van der Waals surface area contributed by atoms with E-state index in [-0.39, 0.29) is 30.6 Å². The van der Waals surface area contributed by atoms with Gasteiger partial charge in [-0.3, -0.25) is 29.1 Å². The summed E-state index contributed by atoms with van der Waals surface area (Å²) in [5.41, 5.74) is 4.60. The largest absolute Gasteiger partial charge is 0.483 e. The molecule has 4 aromatic rings. The summed E-state index contributed by atoms with van der Waals surface area (Å²) in [6.07, 6.45) is 4.75. The van der Waals surface area contributed by atoms with Crippen molar-refractivity contribution in [3.63, 3.8) is 0 Å². The number of aryl methyl sites for hydroxylation is 2. The molecule has 48 heavy (non-hydrogen) atoms. The number of ether oxygens (including phenoxy) is 2. The number of aromatic amines is 1. The zero-order valence-corrected chi connectivity index (χ0v) is 27.5. The molecule has 14 heteroatoms. The van der Waals surface area contributed by atoms with Crippen LogP contribution >= 0.6 is 0 Å². The van der Waals surface area contributed by atoms with E-state index < -0.39 is 5.82 Å². The van der Waals surface area contributed by atoms with Gasteiger partial charge in [0, 0.05) is 44.2 Å². The molecular weight excluding hydrogens is 628 g/mol. The van der Waals surface area contributed by atoms with E-state index in [4.69, 9.17) is 14.6 Å². The standard InChI is InChI=1S/C17H13FN2O2.C8H10FN.C8H16N2O3.CH2O2/c1-11-6-15(20-9-11)16-8-13(4-5-19-16)22-17-7-12(10-21)2-3-14(17)18;1-6-3-4-7(9)8(5-6)10-2;1-3-10(5-4-9-7-11)6-8(12)13-2;2-1-3/h2-10,20H,1H3;3-5,10H,1-2H3;7H,3-6H2,1-2H3,(H,9,11);1H,(H,2,3). The van der Waals surface area contributed by atoms with Gasteiger partial charge in [-0.15, -0.1) is 0 Å². The number of anilines is 1. The Bertz CT molecular complexity index is 1580. The number of nitrogens with zero attached hydrogens (tertiary/aromatic N) is 2. The number of esters is 1. The Balaban J connectivity index is 0.000000378. The highest BCUT2D eigenvalue weighted by atomic mass is 19.1. The van der Waals surface area contributed by atoms with Crippen LogP contribution in [0.2, 0.25) is 0 Å². The Kier molecular flexibility index (Phi) is 19.2. The molecule has 0 unspecified atom stereocenters. The van der Waals surface area contributed by atoms with Crippen LogP contribution in [0.15, 0.2) is 67.0 Å². The van der Waals surface area contributed by atoms with Crippen molar-refractivity contribution in [3.8, 4) is 22.9 Å². The topological polar surface area (TPSA) is 163 Å². The van der Waals surface area contributed by atoms with E-state index in [0.29, 0.717) is 48.5 Å². The van der Waals surface area contributed by atoms with Crippen molar-refractivity contribution in [2.24, 2.45) is 0 Å². The fraction of sp³-hybridized carbons (Fsp3) is 0.265. The molecule has 0 radical (unpaired) electrons. The number of hydrogen-bond acceptors (Lipinski definition) is 9. The van der Waals surface area contributed by atoms with Crippen molar-refractivity contribution in [1.29, 1.82) is 0 Å². The van der Waals surface area contributed by atoms with Gasteiger partial charge in [-0.1, -0.05) is 13.0 Å². The number of carbonyl (C=O) groups excluding carboxylic acids is 3. The lowest BCUT2D eigenvalue weighted by Gasteiger charge is -2.17. The zero-order valence-electron chi connectivity index (χ0n) is 27.5. The van der Waals surface area contributed by atoms with E-state index in [9.17, 15) is 23.2 Å². The molecule has 0 aliphatic carbocycles. The molecule has 0 aliphatic rings. The van der Waals surface area contributed by atoms with Crippen molar-refractivity contribution in [2.75, 3.05) is 45.7 Å². The van der Waals surface area contributed by atoms with Crippen molar-refractivity contribution >= 4 is 30.8 Å². The van der Waals surface area contributed by atoms with E-state index in [0.717, 1.165) is 23.4 Å². The van der Waals surface area contributed by atoms with Gasteiger partial charge in [0.1, 0.15) is 17.9 Å². The summed E-state index contributed by atoms with van der Waals surface area (Å²) < 4.78 is 36.5. The van der Waals surface area contributed by atoms with Crippen molar-refractivity contribution in [3.05, 3.63) is 95.3 Å². The van der Waals surface area contributed by atoms with Gasteiger partial charge in [0.15, 0.2) is 11.6 Å². The molecule has 0 bridgehead atoms. The molecule has 1 amide bonds. The summed E-state index contributed by atoms with van der Waals surface area (Å²) in [7, 11) is 3.07. The number of halogens is 2. The first-order valence-corrected chi connectivity index (χ1v) is 14.6. The number of aldehydes is 1. The third-order valence-corrected chi connectivity index (χ3v) is 6.23. The lowest BCUT2D eigenvalue weighted by molar-refractivity contribution is -0.141. The molecule has 2 aromatic heterocycles. The fourth-order valence-electron chi connectivity index (χ4n) is 3.78. The molecule has 258 valence electrons. The predicted molar refractivity (Wildman–Crippen MR) is 178 cm³/mol. The number of amides is 1. The van der Waals surface area contributed by atoms with Crippen molar-refractivity contribution in [2.45, 2.75) is 20.8 Å². The maximum atomic E-state index is 13.8. The van der Waals surface area contributed by atoms with E-state index in [1.54, 1.807) is 37.5 Å². The van der Waals surface area contributed by atoms with Gasteiger partial charge >= 0.3 is 5.97 Å². The molecule has 4 rings (SSSR count). The molecule has 0 fully saturated rings. The molecule has 0 aliphatic heterocycles. The zero-order chi connectivity index (χ0) is 35.9. The van der Waals surface area contributed by atoms with E-state index in [1.165, 1.54) is 31.4 Å². The van der Waals surface area contributed by atoms with Gasteiger partial charge in [-0.25, -0.2) is 8.78 Å². The van der Waals surface area contributed by atoms with Gasteiger partial charge in [0.05, 0.1) is 30.7 Å². The average Bonchev–Trinajstić information content (AvgIpc) is 3.53. The smallest absolute Gasteiger partial charge is 0.319 e. The first kappa shape index (κ1) is 40.4. The number of pyridine rings is 1. The number of carboxylic acid groups (broad SMARTS) is 1. The number of nitrogens with one attached hydrogen (secondary N) is 3. The lowest BCUT2D eigenvalue weighted by atomic mass is 10.2. The van der Waals surface area contributed by atoms with E-state index >= 15 is 0 Å². The van der Waals surface area contributed by atoms with Gasteiger partial charge in [-0.2, -0.15) is 0 Å². The number of rotatable bonds is 12. The minimum absolute atomic E-state index is 0.00409. The highest BCUT2D eigenvalue weighted by Gasteiger charge is 2.09. The van der Waals surface area contributed by atoms with Gasteiger partial charge in [-0.05, 0) is 74.0 Å². The van der Waals surface area contributed by atoms with Crippen molar-refractivity contribution < 1.29 is 42.5 Å². The summed E-state index contributed by atoms with van der Waals surface area (Å²) in [5.74, 6) is -0.538. The number of methoxy groups -OCH3 is 1. The van der Waals surface area contributed by atoms with Crippen LogP contribution in [-0.2, 0) is 19.1 Å². The third kappa shape index (κ3) is 15.1. The Hall–Kier alpha value is -5.63. The number of aromatic nitrogens is 2. The normalized spacial score (nSPS) is 9.67. The first-order chi connectivity index (χ1) is 23.0. The number of carbonyl (C=O) groups is 4. The fourth-order valence-corrected chi connectivity index (χ4v) is 3.78. The van der Waals surface area contributed by atoms with Crippen LogP contribution in [0.25, 0.3) is 11.4 Å². The Morgan fingerprint density at radius 2 is 1.73 bits per heavy atom. The maximum absolute atomic E-state index is 13.8. The van der Waals surface area contributed by atoms with Crippen LogP contribution in [0, 0.1) is 25.5 Å². The molecule has 2 aromatic carbocycles. The van der Waals surface area contributed by atoms with Gasteiger partial charge in [0.25, 0.3) is 6.47 Å². The minimum atomic E-state index is -0.528. The van der Waals surface area contributed by atoms with Crippen LogP contribution in [-0.4, -0.2) is 85.4 Å². The van der Waals surface area contributed by atoms with Gasteiger partial charge in [0.2, 0.25) is 6.41 Å². The summed E-state index contributed by atoms with van der Waals surface area (Å²) in [6, 6.07) is 14.2. The average molecular weight is 670 g/mol. The summed E-state index contributed by atoms with van der Waals surface area (Å²) in [4.78, 5) is 49.2. The Morgan fingerprint density at radius 1 is 1.02 bits per heavy atom. The number of benzene rings is 2. The van der Waals surface area contributed by atoms with Crippen LogP contribution in [0.4, 0.5) is 14.5 Å². The number of hydrogen-bond donors (Lipinski definition) is 4. The first-order valence-electron chi connectivity index (χ1n) is 14.6. The highest BCUT2D eigenvalue weighted by Crippen LogP contribution is 2.28. The monoisotopic (exact) mass is 669 g/mol. The van der Waals surface area contributed by atoms with E-state index in [1.807, 2.05) is 37.9 Å². The van der Waals surface area contributed by atoms with E-state index in [2.05, 4.69) is 25.3 Å². The highest BCUT2D eigenvalue weighted by molar-refractivity contribution is 5.75. The van der Waals surface area contributed by atoms with Crippen LogP contribution in [0.5, 0.6) is 11.5 Å². The molecule has 0 spiro atoms. The molecular formula is C34H41F2N5O7. The second kappa shape index (κ2) is 22.8. The number of H-pyrrole nitrogens is 1. The molecule has 12 nitrogen and oxygen atoms in total. The molecule has 0 saturated carbocycles. The lowest BCUT2D eigenvalue weighted by Crippen LogP contribution is -2.35. The molecule has 4 N–H and O–H groups in total. The van der Waals surface area contributed by atoms with Crippen molar-refractivity contribution in [1.82, 2.24) is 20.2 Å². The maximum Gasteiger partial charge on any atom is 0.319 e.